The summed E-state index contributed by atoms with van der Waals surface area (Å²) in [5, 5.41) is 11.2. The van der Waals surface area contributed by atoms with Crippen LogP contribution in [0.4, 0.5) is 5.69 Å². The van der Waals surface area contributed by atoms with Crippen LogP contribution in [0, 0.1) is 6.92 Å². The normalized spacial score (nSPS) is 17.3. The fourth-order valence-corrected chi connectivity index (χ4v) is 4.07. The predicted octanol–water partition coefficient (Wildman–Crippen LogP) is 5.03. The van der Waals surface area contributed by atoms with Crippen molar-refractivity contribution >= 4 is 23.1 Å². The zero-order chi connectivity index (χ0) is 23.5. The van der Waals surface area contributed by atoms with Crippen molar-refractivity contribution in [2.75, 3.05) is 18.6 Å². The van der Waals surface area contributed by atoms with Crippen LogP contribution < -0.4 is 14.4 Å². The highest BCUT2D eigenvalue weighted by molar-refractivity contribution is 6.51. The Balaban J connectivity index is 1.93. The van der Waals surface area contributed by atoms with Crippen molar-refractivity contribution in [3.63, 3.8) is 0 Å². The van der Waals surface area contributed by atoms with Gasteiger partial charge in [-0.05, 0) is 43.7 Å². The van der Waals surface area contributed by atoms with Crippen molar-refractivity contribution in [1.82, 2.24) is 0 Å². The van der Waals surface area contributed by atoms with Crippen molar-refractivity contribution in [3.05, 3.63) is 95.1 Å². The minimum absolute atomic E-state index is 0.0284. The highest BCUT2D eigenvalue weighted by atomic mass is 16.5. The quantitative estimate of drug-likeness (QED) is 0.329. The Labute approximate surface area is 192 Å². The van der Waals surface area contributed by atoms with Gasteiger partial charge in [-0.1, -0.05) is 48.0 Å². The Bertz CT molecular complexity index is 1250. The second-order valence-electron chi connectivity index (χ2n) is 7.75. The molecule has 3 aromatic carbocycles. The van der Waals surface area contributed by atoms with Gasteiger partial charge in [-0.15, -0.1) is 0 Å². The molecule has 1 amide bonds. The van der Waals surface area contributed by atoms with E-state index < -0.39 is 17.7 Å². The minimum Gasteiger partial charge on any atom is -0.507 e. The highest BCUT2D eigenvalue weighted by Crippen LogP contribution is 2.43. The van der Waals surface area contributed by atoms with E-state index in [0.717, 1.165) is 11.1 Å². The highest BCUT2D eigenvalue weighted by Gasteiger charge is 2.47. The summed E-state index contributed by atoms with van der Waals surface area (Å²) in [6, 6.07) is 20.6. The van der Waals surface area contributed by atoms with E-state index in [2.05, 4.69) is 0 Å². The third-order valence-electron chi connectivity index (χ3n) is 5.55. The Kier molecular flexibility index (Phi) is 6.18. The van der Waals surface area contributed by atoms with Crippen LogP contribution in [-0.4, -0.2) is 30.5 Å². The maximum atomic E-state index is 13.3. The number of ketones is 1. The third-order valence-corrected chi connectivity index (χ3v) is 5.55. The summed E-state index contributed by atoms with van der Waals surface area (Å²) < 4.78 is 10.9. The maximum absolute atomic E-state index is 13.3. The molecule has 1 aliphatic heterocycles. The molecule has 1 heterocycles. The van der Waals surface area contributed by atoms with Crippen LogP contribution >= 0.6 is 0 Å². The predicted molar refractivity (Wildman–Crippen MR) is 127 cm³/mol. The molecule has 6 nitrogen and oxygen atoms in total. The van der Waals surface area contributed by atoms with Crippen LogP contribution in [-0.2, 0) is 9.59 Å². The number of ether oxygens (including phenoxy) is 2. The lowest BCUT2D eigenvalue weighted by atomic mass is 9.94. The van der Waals surface area contributed by atoms with E-state index in [1.807, 2.05) is 38.1 Å². The van der Waals surface area contributed by atoms with Crippen molar-refractivity contribution in [3.8, 4) is 11.5 Å². The molecule has 33 heavy (non-hydrogen) atoms. The number of rotatable bonds is 6. The Hall–Kier alpha value is -4.06. The Morgan fingerprint density at radius 3 is 2.42 bits per heavy atom. The number of nitrogens with zero attached hydrogens (tertiary/aromatic N) is 1. The standard InChI is InChI=1S/C27H25NO5/c1-4-33-22-13-7-11-20(16-22)28-24(18-9-5-8-17(2)14-18)23(26(30)27(28)31)25(29)19-10-6-12-21(15-19)32-3/h5-16,24,29H,4H2,1-3H3/b25-23+. The largest absolute Gasteiger partial charge is 0.507 e. The number of aliphatic hydroxyl groups is 1. The summed E-state index contributed by atoms with van der Waals surface area (Å²) in [6.07, 6.45) is 0. The van der Waals surface area contributed by atoms with Gasteiger partial charge in [0.05, 0.1) is 25.3 Å². The van der Waals surface area contributed by atoms with Gasteiger partial charge in [0.15, 0.2) is 0 Å². The van der Waals surface area contributed by atoms with Gasteiger partial charge in [-0.2, -0.15) is 0 Å². The first-order valence-corrected chi connectivity index (χ1v) is 10.7. The van der Waals surface area contributed by atoms with Crippen LogP contribution in [0.25, 0.3) is 5.76 Å². The Morgan fingerprint density at radius 2 is 1.70 bits per heavy atom. The monoisotopic (exact) mass is 443 g/mol. The molecule has 1 saturated heterocycles. The van der Waals surface area contributed by atoms with E-state index in [-0.39, 0.29) is 11.3 Å². The zero-order valence-corrected chi connectivity index (χ0v) is 18.7. The topological polar surface area (TPSA) is 76.1 Å². The van der Waals surface area contributed by atoms with Gasteiger partial charge in [0.25, 0.3) is 11.7 Å². The first kappa shape index (κ1) is 22.1. The number of carbonyl (C=O) groups is 2. The lowest BCUT2D eigenvalue weighted by Gasteiger charge is -2.26. The third kappa shape index (κ3) is 4.20. The number of hydrogen-bond donors (Lipinski definition) is 1. The summed E-state index contributed by atoms with van der Waals surface area (Å²) in [4.78, 5) is 28.0. The van der Waals surface area contributed by atoms with E-state index in [0.29, 0.717) is 29.4 Å². The van der Waals surface area contributed by atoms with Crippen molar-refractivity contribution in [1.29, 1.82) is 0 Å². The van der Waals surface area contributed by atoms with Gasteiger partial charge in [0.2, 0.25) is 0 Å². The van der Waals surface area contributed by atoms with Gasteiger partial charge < -0.3 is 14.6 Å². The molecule has 1 atom stereocenters. The molecule has 0 saturated carbocycles. The second-order valence-corrected chi connectivity index (χ2v) is 7.75. The van der Waals surface area contributed by atoms with E-state index in [1.54, 1.807) is 48.5 Å². The number of carbonyl (C=O) groups excluding carboxylic acids is 2. The molecule has 0 aromatic heterocycles. The van der Waals surface area contributed by atoms with Crippen LogP contribution in [0.1, 0.15) is 29.7 Å². The molecular formula is C27H25NO5. The van der Waals surface area contributed by atoms with Crippen LogP contribution in [0.3, 0.4) is 0 Å². The molecule has 6 heteroatoms. The summed E-state index contributed by atoms with van der Waals surface area (Å²) in [7, 11) is 1.52. The summed E-state index contributed by atoms with van der Waals surface area (Å²) in [6.45, 7) is 4.28. The zero-order valence-electron chi connectivity index (χ0n) is 18.7. The van der Waals surface area contributed by atoms with Gasteiger partial charge in [-0.25, -0.2) is 0 Å². The van der Waals surface area contributed by atoms with Gasteiger partial charge >= 0.3 is 0 Å². The van der Waals surface area contributed by atoms with Crippen molar-refractivity contribution in [2.45, 2.75) is 19.9 Å². The second kappa shape index (κ2) is 9.20. The molecule has 1 aliphatic rings. The van der Waals surface area contributed by atoms with Crippen LogP contribution in [0.15, 0.2) is 78.4 Å². The average Bonchev–Trinajstić information content (AvgIpc) is 3.09. The number of aryl methyl sites for hydroxylation is 1. The van der Waals surface area contributed by atoms with Crippen molar-refractivity contribution < 1.29 is 24.2 Å². The van der Waals surface area contributed by atoms with Gasteiger partial charge in [0.1, 0.15) is 17.3 Å². The smallest absolute Gasteiger partial charge is 0.300 e. The summed E-state index contributed by atoms with van der Waals surface area (Å²) in [5.41, 5.74) is 2.64. The van der Waals surface area contributed by atoms with E-state index in [4.69, 9.17) is 9.47 Å². The van der Waals surface area contributed by atoms with Crippen LogP contribution in [0.5, 0.6) is 11.5 Å². The maximum Gasteiger partial charge on any atom is 0.300 e. The van der Waals surface area contributed by atoms with E-state index >= 15 is 0 Å². The fraction of sp³-hybridized carbons (Fsp3) is 0.185. The number of amides is 1. The summed E-state index contributed by atoms with van der Waals surface area (Å²) in [5.74, 6) is -0.581. The molecular weight excluding hydrogens is 418 g/mol. The first-order valence-electron chi connectivity index (χ1n) is 10.7. The molecule has 0 aliphatic carbocycles. The molecule has 0 radical (unpaired) electrons. The molecule has 168 valence electrons. The first-order chi connectivity index (χ1) is 15.9. The Morgan fingerprint density at radius 1 is 0.970 bits per heavy atom. The molecule has 0 spiro atoms. The number of hydrogen-bond acceptors (Lipinski definition) is 5. The molecule has 1 fully saturated rings. The molecule has 3 aromatic rings. The summed E-state index contributed by atoms with van der Waals surface area (Å²) >= 11 is 0. The average molecular weight is 443 g/mol. The molecule has 0 bridgehead atoms. The number of anilines is 1. The number of Topliss-reactive ketones (excluding diaryl/α,β-unsaturated/α-hetero) is 1. The molecule has 4 rings (SSSR count). The molecule has 1 N–H and O–H groups in total. The number of aliphatic hydroxyl groups excluding tert-OH is 1. The van der Waals surface area contributed by atoms with E-state index in [1.165, 1.54) is 12.0 Å². The van der Waals surface area contributed by atoms with Crippen molar-refractivity contribution in [2.24, 2.45) is 0 Å². The number of benzene rings is 3. The lowest BCUT2D eigenvalue weighted by molar-refractivity contribution is -0.132. The molecule has 1 unspecified atom stereocenters. The van der Waals surface area contributed by atoms with E-state index in [9.17, 15) is 14.7 Å². The fourth-order valence-electron chi connectivity index (χ4n) is 4.07. The van der Waals surface area contributed by atoms with Gasteiger partial charge in [0, 0.05) is 17.3 Å². The van der Waals surface area contributed by atoms with Crippen LogP contribution in [0.2, 0.25) is 0 Å². The minimum atomic E-state index is -0.798. The van der Waals surface area contributed by atoms with Gasteiger partial charge in [-0.3, -0.25) is 14.5 Å². The lowest BCUT2D eigenvalue weighted by Crippen LogP contribution is -2.29. The number of methoxy groups -OCH3 is 1. The SMILES string of the molecule is CCOc1cccc(N2C(=O)C(=O)/C(=C(/O)c3cccc(OC)c3)C2c2cccc(C)c2)c1.